The molecule has 0 spiro atoms. The monoisotopic (exact) mass is 420 g/mol. The van der Waals surface area contributed by atoms with Gasteiger partial charge in [-0.25, -0.2) is 0 Å². The number of amides is 3. The third-order valence-electron chi connectivity index (χ3n) is 4.44. The second-order valence-corrected chi connectivity index (χ2v) is 6.85. The molecule has 0 fully saturated rings. The molecule has 31 heavy (non-hydrogen) atoms. The number of benzene rings is 2. The number of carbonyl (C=O) groups excluding carboxylic acids is 3. The number of anilines is 4. The van der Waals surface area contributed by atoms with Crippen LogP contribution < -0.4 is 21.3 Å². The molecule has 4 N–H and O–H groups in total. The summed E-state index contributed by atoms with van der Waals surface area (Å²) in [5, 5.41) is 11.4. The van der Waals surface area contributed by atoms with E-state index in [1.165, 1.54) is 6.26 Å². The minimum Gasteiger partial charge on any atom is -0.459 e. The van der Waals surface area contributed by atoms with Crippen LogP contribution in [0.5, 0.6) is 0 Å². The fourth-order valence-electron chi connectivity index (χ4n) is 2.77. The van der Waals surface area contributed by atoms with E-state index in [0.29, 0.717) is 29.2 Å². The summed E-state index contributed by atoms with van der Waals surface area (Å²) in [7, 11) is 0. The fraction of sp³-hybridized carbons (Fsp3) is 0.174. The van der Waals surface area contributed by atoms with Crippen molar-refractivity contribution in [3.05, 3.63) is 72.2 Å². The molecule has 2 aromatic carbocycles. The molecule has 0 atom stereocenters. The maximum absolute atomic E-state index is 12.3. The quantitative estimate of drug-likeness (QED) is 0.435. The normalized spacial score (nSPS) is 10.3. The second kappa shape index (κ2) is 10.1. The fourth-order valence-corrected chi connectivity index (χ4v) is 2.77. The maximum atomic E-state index is 12.3. The van der Waals surface area contributed by atoms with E-state index in [-0.39, 0.29) is 30.0 Å². The van der Waals surface area contributed by atoms with Gasteiger partial charge in [0.2, 0.25) is 11.8 Å². The molecule has 1 heterocycles. The van der Waals surface area contributed by atoms with E-state index in [2.05, 4.69) is 21.3 Å². The van der Waals surface area contributed by atoms with Crippen LogP contribution in [0.25, 0.3) is 0 Å². The van der Waals surface area contributed by atoms with Gasteiger partial charge in [0.05, 0.1) is 12.8 Å². The van der Waals surface area contributed by atoms with Crippen molar-refractivity contribution in [2.75, 3.05) is 27.8 Å². The summed E-state index contributed by atoms with van der Waals surface area (Å²) in [6.07, 6.45) is 1.81. The van der Waals surface area contributed by atoms with Gasteiger partial charge in [0, 0.05) is 29.2 Å². The highest BCUT2D eigenvalue weighted by molar-refractivity contribution is 6.02. The first-order chi connectivity index (χ1) is 14.9. The standard InChI is InChI=1S/C23H24N4O4/c1-3-21(28)27-19-13-18(10-9-15(19)2)25-22(29)14-24-16-6-4-7-17(12-16)26-23(30)20-8-5-11-31-20/h4-13,24H,3,14H2,1-2H3,(H,25,29)(H,26,30)(H,27,28). The summed E-state index contributed by atoms with van der Waals surface area (Å²) in [6, 6.07) is 15.6. The first-order valence-corrected chi connectivity index (χ1v) is 9.83. The van der Waals surface area contributed by atoms with Crippen LogP contribution in [0.4, 0.5) is 22.7 Å². The Morgan fingerprint density at radius 2 is 1.61 bits per heavy atom. The van der Waals surface area contributed by atoms with Gasteiger partial charge in [-0.1, -0.05) is 19.1 Å². The number of rotatable bonds is 8. The van der Waals surface area contributed by atoms with E-state index in [1.54, 1.807) is 55.5 Å². The number of hydrogen-bond acceptors (Lipinski definition) is 5. The maximum Gasteiger partial charge on any atom is 0.291 e. The topological polar surface area (TPSA) is 112 Å². The molecular formula is C23H24N4O4. The van der Waals surface area contributed by atoms with Gasteiger partial charge in [-0.15, -0.1) is 0 Å². The molecule has 0 saturated carbocycles. The molecule has 0 aliphatic rings. The summed E-state index contributed by atoms with van der Waals surface area (Å²) in [5.41, 5.74) is 3.40. The zero-order chi connectivity index (χ0) is 22.2. The molecule has 1 aromatic heterocycles. The third-order valence-corrected chi connectivity index (χ3v) is 4.44. The predicted molar refractivity (Wildman–Crippen MR) is 120 cm³/mol. The smallest absolute Gasteiger partial charge is 0.291 e. The Morgan fingerprint density at radius 3 is 2.35 bits per heavy atom. The van der Waals surface area contributed by atoms with Crippen molar-refractivity contribution in [2.24, 2.45) is 0 Å². The van der Waals surface area contributed by atoms with Gasteiger partial charge in [-0.3, -0.25) is 14.4 Å². The lowest BCUT2D eigenvalue weighted by Gasteiger charge is -2.12. The zero-order valence-corrected chi connectivity index (χ0v) is 17.3. The van der Waals surface area contributed by atoms with Gasteiger partial charge < -0.3 is 25.7 Å². The van der Waals surface area contributed by atoms with Gasteiger partial charge in [-0.2, -0.15) is 0 Å². The van der Waals surface area contributed by atoms with Crippen LogP contribution in [0.2, 0.25) is 0 Å². The van der Waals surface area contributed by atoms with Crippen LogP contribution >= 0.6 is 0 Å². The molecular weight excluding hydrogens is 396 g/mol. The predicted octanol–water partition coefficient (Wildman–Crippen LogP) is 4.24. The average Bonchev–Trinajstić information content (AvgIpc) is 3.30. The van der Waals surface area contributed by atoms with Crippen molar-refractivity contribution in [3.8, 4) is 0 Å². The third kappa shape index (κ3) is 6.20. The molecule has 0 bridgehead atoms. The molecule has 3 aromatic rings. The Bertz CT molecular complexity index is 1080. The Morgan fingerprint density at radius 1 is 0.839 bits per heavy atom. The Labute approximate surface area is 180 Å². The number of carbonyl (C=O) groups is 3. The lowest BCUT2D eigenvalue weighted by molar-refractivity contribution is -0.116. The average molecular weight is 420 g/mol. The largest absolute Gasteiger partial charge is 0.459 e. The summed E-state index contributed by atoms with van der Waals surface area (Å²) < 4.78 is 5.07. The first kappa shape index (κ1) is 21.6. The first-order valence-electron chi connectivity index (χ1n) is 9.83. The molecule has 0 aliphatic carbocycles. The highest BCUT2D eigenvalue weighted by atomic mass is 16.3. The van der Waals surface area contributed by atoms with E-state index < -0.39 is 0 Å². The van der Waals surface area contributed by atoms with E-state index in [4.69, 9.17) is 4.42 Å². The van der Waals surface area contributed by atoms with E-state index in [9.17, 15) is 14.4 Å². The Balaban J connectivity index is 1.56. The van der Waals surface area contributed by atoms with Crippen molar-refractivity contribution < 1.29 is 18.8 Å². The van der Waals surface area contributed by atoms with Gasteiger partial charge in [-0.05, 0) is 55.0 Å². The van der Waals surface area contributed by atoms with Crippen LogP contribution in [0.3, 0.4) is 0 Å². The minimum absolute atomic E-state index is 0.0279. The molecule has 0 radical (unpaired) electrons. The molecule has 8 nitrogen and oxygen atoms in total. The van der Waals surface area contributed by atoms with Gasteiger partial charge in [0.1, 0.15) is 0 Å². The van der Waals surface area contributed by atoms with Gasteiger partial charge >= 0.3 is 0 Å². The van der Waals surface area contributed by atoms with Crippen molar-refractivity contribution in [1.82, 2.24) is 0 Å². The Kier molecular flexibility index (Phi) is 7.05. The van der Waals surface area contributed by atoms with Crippen molar-refractivity contribution in [2.45, 2.75) is 20.3 Å². The molecule has 3 rings (SSSR count). The van der Waals surface area contributed by atoms with Crippen molar-refractivity contribution in [1.29, 1.82) is 0 Å². The number of furan rings is 1. The molecule has 0 unspecified atom stereocenters. The van der Waals surface area contributed by atoms with Crippen LogP contribution in [-0.2, 0) is 9.59 Å². The van der Waals surface area contributed by atoms with Crippen LogP contribution in [0.15, 0.2) is 65.3 Å². The van der Waals surface area contributed by atoms with E-state index in [1.807, 2.05) is 13.0 Å². The van der Waals surface area contributed by atoms with Crippen LogP contribution in [0, 0.1) is 6.92 Å². The Hall–Kier alpha value is -4.07. The van der Waals surface area contributed by atoms with E-state index in [0.717, 1.165) is 5.56 Å². The number of aryl methyl sites for hydroxylation is 1. The minimum atomic E-state index is -0.356. The van der Waals surface area contributed by atoms with E-state index >= 15 is 0 Å². The summed E-state index contributed by atoms with van der Waals surface area (Å²) >= 11 is 0. The van der Waals surface area contributed by atoms with Crippen molar-refractivity contribution in [3.63, 3.8) is 0 Å². The van der Waals surface area contributed by atoms with Gasteiger partial charge in [0.15, 0.2) is 5.76 Å². The zero-order valence-electron chi connectivity index (χ0n) is 17.3. The number of hydrogen-bond donors (Lipinski definition) is 4. The van der Waals surface area contributed by atoms with Gasteiger partial charge in [0.25, 0.3) is 5.91 Å². The summed E-state index contributed by atoms with van der Waals surface area (Å²) in [6.45, 7) is 3.69. The lowest BCUT2D eigenvalue weighted by atomic mass is 10.1. The van der Waals surface area contributed by atoms with Crippen LogP contribution in [0.1, 0.15) is 29.5 Å². The highest BCUT2D eigenvalue weighted by Gasteiger charge is 2.10. The number of nitrogens with one attached hydrogen (secondary N) is 4. The molecule has 3 amide bonds. The summed E-state index contributed by atoms with van der Waals surface area (Å²) in [4.78, 5) is 36.1. The molecule has 0 saturated heterocycles. The van der Waals surface area contributed by atoms with Crippen LogP contribution in [-0.4, -0.2) is 24.3 Å². The molecule has 8 heteroatoms. The SMILES string of the molecule is CCC(=O)Nc1cc(NC(=O)CNc2cccc(NC(=O)c3ccco3)c2)ccc1C. The lowest BCUT2D eigenvalue weighted by Crippen LogP contribution is -2.22. The summed E-state index contributed by atoms with van der Waals surface area (Å²) in [5.74, 6) is -0.482. The molecule has 160 valence electrons. The highest BCUT2D eigenvalue weighted by Crippen LogP contribution is 2.21. The van der Waals surface area contributed by atoms with Crippen molar-refractivity contribution >= 4 is 40.5 Å². The molecule has 0 aliphatic heterocycles. The second-order valence-electron chi connectivity index (χ2n) is 6.85.